The number of hydrogen-bond acceptors (Lipinski definition) is 2. The number of unbranched alkanes of at least 4 members (excludes halogenated alkanes) is 6. The lowest BCUT2D eigenvalue weighted by Crippen LogP contribution is -2.23. The predicted octanol–water partition coefficient (Wildman–Crippen LogP) is 7.98. The van der Waals surface area contributed by atoms with Gasteiger partial charge in [0, 0.05) is 0 Å². The van der Waals surface area contributed by atoms with Crippen molar-refractivity contribution in [2.24, 2.45) is 5.41 Å². The topological polar surface area (TPSA) is 26.3 Å². The highest BCUT2D eigenvalue weighted by Crippen LogP contribution is 2.23. The summed E-state index contributed by atoms with van der Waals surface area (Å²) in [6.45, 7) is 13.8. The quantitative estimate of drug-likeness (QED) is 0.219. The molecule has 0 aliphatic rings. The molecule has 0 aliphatic carbocycles. The van der Waals surface area contributed by atoms with Crippen molar-refractivity contribution in [3.8, 4) is 0 Å². The first-order valence-corrected chi connectivity index (χ1v) is 11.8. The van der Waals surface area contributed by atoms with E-state index in [2.05, 4.69) is 45.9 Å². The second-order valence-electron chi connectivity index (χ2n) is 10.6. The summed E-state index contributed by atoms with van der Waals surface area (Å²) in [6.07, 6.45) is 14.9. The normalized spacial score (nSPS) is 12.2. The molecule has 2 nitrogen and oxygen atoms in total. The van der Waals surface area contributed by atoms with E-state index in [9.17, 15) is 4.79 Å². The molecule has 0 bridgehead atoms. The zero-order valence-electron chi connectivity index (χ0n) is 20.1. The largest absolute Gasteiger partial charge is 0.462 e. The molecule has 0 atom stereocenters. The van der Waals surface area contributed by atoms with Crippen LogP contribution in [0.1, 0.15) is 116 Å². The van der Waals surface area contributed by atoms with Gasteiger partial charge >= 0.3 is 0 Å². The van der Waals surface area contributed by atoms with Crippen molar-refractivity contribution in [3.63, 3.8) is 0 Å². The lowest BCUT2D eigenvalue weighted by atomic mass is 9.89. The average Bonchev–Trinajstić information content (AvgIpc) is 2.62. The maximum Gasteiger partial charge on any atom is 0.293 e. The van der Waals surface area contributed by atoms with E-state index in [4.69, 9.17) is 4.74 Å². The smallest absolute Gasteiger partial charge is 0.293 e. The van der Waals surface area contributed by atoms with Crippen molar-refractivity contribution >= 4 is 6.47 Å². The summed E-state index contributed by atoms with van der Waals surface area (Å²) >= 11 is 0. The van der Waals surface area contributed by atoms with Crippen molar-refractivity contribution in [1.29, 1.82) is 0 Å². The third-order valence-corrected chi connectivity index (χ3v) is 5.90. The Hall–Kier alpha value is -1.31. The number of ether oxygens (including phenoxy) is 1. The zero-order valence-corrected chi connectivity index (χ0v) is 20.1. The molecule has 0 heterocycles. The summed E-state index contributed by atoms with van der Waals surface area (Å²) in [5.74, 6) is 0. The standard InChI is InChI=1S/C27H46O2/c1-23-17-18-24(15-11-7-9-13-19-26(2,3)4)21-25(23)16-12-8-10-14-20-27(5,6)29-22-28/h17-18,21-22H,7-16,19-20H2,1-6H3. The monoisotopic (exact) mass is 402 g/mol. The number of carbonyl (C=O) groups is 1. The fourth-order valence-corrected chi connectivity index (χ4v) is 3.90. The van der Waals surface area contributed by atoms with E-state index < -0.39 is 0 Å². The van der Waals surface area contributed by atoms with Crippen LogP contribution in [0.3, 0.4) is 0 Å². The number of benzene rings is 1. The Bertz CT molecular complexity index is 581. The van der Waals surface area contributed by atoms with E-state index >= 15 is 0 Å². The highest BCUT2D eigenvalue weighted by molar-refractivity contribution is 5.38. The molecule has 166 valence electrons. The van der Waals surface area contributed by atoms with Gasteiger partial charge in [0.2, 0.25) is 0 Å². The molecule has 0 radical (unpaired) electrons. The fraction of sp³-hybridized carbons (Fsp3) is 0.741. The first kappa shape index (κ1) is 25.7. The molecule has 0 saturated carbocycles. The van der Waals surface area contributed by atoms with Gasteiger partial charge in [-0.05, 0) is 87.8 Å². The van der Waals surface area contributed by atoms with Crippen molar-refractivity contribution in [2.45, 2.75) is 124 Å². The maximum absolute atomic E-state index is 10.5. The molecule has 2 heteroatoms. The first-order chi connectivity index (χ1) is 13.6. The second kappa shape index (κ2) is 13.1. The number of aryl methyl sites for hydroxylation is 3. The number of carbonyl (C=O) groups excluding carboxylic acids is 1. The molecule has 1 aromatic carbocycles. The minimum atomic E-state index is -0.320. The molecule has 0 N–H and O–H groups in total. The second-order valence-corrected chi connectivity index (χ2v) is 10.6. The minimum absolute atomic E-state index is 0.320. The third kappa shape index (κ3) is 12.8. The van der Waals surface area contributed by atoms with Gasteiger partial charge in [-0.2, -0.15) is 0 Å². The molecular formula is C27H46O2. The molecule has 0 amide bonds. The molecule has 0 fully saturated rings. The van der Waals surface area contributed by atoms with Gasteiger partial charge in [-0.3, -0.25) is 4.79 Å². The van der Waals surface area contributed by atoms with Crippen LogP contribution in [0.15, 0.2) is 18.2 Å². The van der Waals surface area contributed by atoms with Gasteiger partial charge in [-0.15, -0.1) is 0 Å². The van der Waals surface area contributed by atoms with Crippen molar-refractivity contribution in [2.75, 3.05) is 0 Å². The Morgan fingerprint density at radius 3 is 2.00 bits per heavy atom. The van der Waals surface area contributed by atoms with Gasteiger partial charge in [0.15, 0.2) is 0 Å². The molecule has 0 aliphatic heterocycles. The minimum Gasteiger partial charge on any atom is -0.462 e. The Morgan fingerprint density at radius 2 is 1.38 bits per heavy atom. The summed E-state index contributed by atoms with van der Waals surface area (Å²) in [5, 5.41) is 0. The molecule has 1 aromatic rings. The highest BCUT2D eigenvalue weighted by atomic mass is 16.5. The Kier molecular flexibility index (Phi) is 11.6. The van der Waals surface area contributed by atoms with Crippen molar-refractivity contribution in [3.05, 3.63) is 34.9 Å². The Balaban J connectivity index is 2.25. The molecule has 0 spiro atoms. The van der Waals surface area contributed by atoms with E-state index in [1.165, 1.54) is 80.9 Å². The lowest BCUT2D eigenvalue weighted by molar-refractivity contribution is -0.140. The molecule has 29 heavy (non-hydrogen) atoms. The highest BCUT2D eigenvalue weighted by Gasteiger charge is 2.17. The van der Waals surface area contributed by atoms with Crippen LogP contribution in [0.2, 0.25) is 0 Å². The van der Waals surface area contributed by atoms with Crippen LogP contribution in [-0.4, -0.2) is 12.1 Å². The molecular weight excluding hydrogens is 356 g/mol. The van der Waals surface area contributed by atoms with E-state index in [0.29, 0.717) is 11.9 Å². The van der Waals surface area contributed by atoms with Crippen LogP contribution in [0.5, 0.6) is 0 Å². The van der Waals surface area contributed by atoms with Gasteiger partial charge in [-0.1, -0.05) is 71.1 Å². The summed E-state index contributed by atoms with van der Waals surface area (Å²) in [5.41, 5.74) is 4.62. The van der Waals surface area contributed by atoms with Crippen LogP contribution in [0.25, 0.3) is 0 Å². The Morgan fingerprint density at radius 1 is 0.793 bits per heavy atom. The van der Waals surface area contributed by atoms with E-state index in [-0.39, 0.29) is 5.60 Å². The lowest BCUT2D eigenvalue weighted by Gasteiger charge is -2.22. The molecule has 0 aromatic heterocycles. The summed E-state index contributed by atoms with van der Waals surface area (Å²) in [4.78, 5) is 10.5. The zero-order chi connectivity index (χ0) is 21.8. The predicted molar refractivity (Wildman–Crippen MR) is 125 cm³/mol. The molecule has 0 unspecified atom stereocenters. The SMILES string of the molecule is Cc1ccc(CCCCCCC(C)(C)C)cc1CCCCCCC(C)(C)OC=O. The van der Waals surface area contributed by atoms with Crippen LogP contribution < -0.4 is 0 Å². The van der Waals surface area contributed by atoms with Gasteiger partial charge in [-0.25, -0.2) is 0 Å². The molecule has 1 rings (SSSR count). The summed E-state index contributed by atoms with van der Waals surface area (Å²) in [7, 11) is 0. The van der Waals surface area contributed by atoms with Gasteiger partial charge < -0.3 is 4.74 Å². The van der Waals surface area contributed by atoms with Crippen LogP contribution >= 0.6 is 0 Å². The van der Waals surface area contributed by atoms with Crippen molar-refractivity contribution < 1.29 is 9.53 Å². The fourth-order valence-electron chi connectivity index (χ4n) is 3.90. The van der Waals surface area contributed by atoms with E-state index in [0.717, 1.165) is 12.8 Å². The van der Waals surface area contributed by atoms with Crippen LogP contribution in [-0.2, 0) is 22.4 Å². The van der Waals surface area contributed by atoms with Gasteiger partial charge in [0.25, 0.3) is 6.47 Å². The van der Waals surface area contributed by atoms with Gasteiger partial charge in [0.1, 0.15) is 5.60 Å². The number of rotatable bonds is 15. The average molecular weight is 403 g/mol. The third-order valence-electron chi connectivity index (χ3n) is 5.90. The summed E-state index contributed by atoms with van der Waals surface area (Å²) < 4.78 is 5.12. The maximum atomic E-state index is 10.5. The molecule has 0 saturated heterocycles. The van der Waals surface area contributed by atoms with Crippen molar-refractivity contribution in [1.82, 2.24) is 0 Å². The Labute approximate surface area is 180 Å². The van der Waals surface area contributed by atoms with E-state index in [1.807, 2.05) is 13.8 Å². The summed E-state index contributed by atoms with van der Waals surface area (Å²) in [6, 6.07) is 7.08. The van der Waals surface area contributed by atoms with Crippen LogP contribution in [0.4, 0.5) is 0 Å². The van der Waals surface area contributed by atoms with E-state index in [1.54, 1.807) is 0 Å². The number of hydrogen-bond donors (Lipinski definition) is 0. The first-order valence-electron chi connectivity index (χ1n) is 11.8. The van der Waals surface area contributed by atoms with Gasteiger partial charge in [0.05, 0.1) is 0 Å². The van der Waals surface area contributed by atoms with Crippen LogP contribution in [0, 0.1) is 12.3 Å².